The molecule has 5 N–H and O–H groups in total. The minimum Gasteiger partial charge on any atom is -0.389 e. The van der Waals surface area contributed by atoms with Gasteiger partial charge in [0.2, 0.25) is 5.91 Å². The van der Waals surface area contributed by atoms with Gasteiger partial charge in [0.05, 0.1) is 39.0 Å². The number of nitrogens with two attached hydrogens (primary N) is 1. The number of benzene rings is 1. The summed E-state index contributed by atoms with van der Waals surface area (Å²) in [5, 5.41) is 27.0. The first-order chi connectivity index (χ1) is 16.3. The first-order valence-electron chi connectivity index (χ1n) is 10.8. The van der Waals surface area contributed by atoms with E-state index in [9.17, 15) is 15.0 Å². The monoisotopic (exact) mass is 542 g/mol. The highest BCUT2D eigenvalue weighted by Gasteiger charge is 2.61. The molecule has 1 aromatic carbocycles. The number of aliphatic hydroxyl groups is 2. The molecule has 3 aromatic heterocycles. The molecule has 174 valence electrons. The molecular formula is C23H20BrClN6O3. The van der Waals surface area contributed by atoms with Gasteiger partial charge in [0.25, 0.3) is 0 Å². The molecule has 11 heteroatoms. The maximum Gasteiger partial charge on any atom is 0.229 e. The van der Waals surface area contributed by atoms with Crippen LogP contribution in [0.15, 0.2) is 47.3 Å². The lowest BCUT2D eigenvalue weighted by atomic mass is 9.79. The number of carbonyl (C=O) groups excluding carboxylic acids is 1. The van der Waals surface area contributed by atoms with E-state index in [-0.39, 0.29) is 18.4 Å². The van der Waals surface area contributed by atoms with Crippen molar-refractivity contribution in [2.45, 2.75) is 37.1 Å². The van der Waals surface area contributed by atoms with Crippen LogP contribution in [-0.2, 0) is 4.79 Å². The number of hydrogen-bond donors (Lipinski definition) is 4. The zero-order chi connectivity index (χ0) is 23.8. The summed E-state index contributed by atoms with van der Waals surface area (Å²) in [5.41, 5.74) is 6.94. The summed E-state index contributed by atoms with van der Waals surface area (Å²) in [6.07, 6.45) is 1.33. The topological polar surface area (TPSA) is 139 Å². The summed E-state index contributed by atoms with van der Waals surface area (Å²) >= 11 is 9.57. The minimum atomic E-state index is -1.23. The van der Waals surface area contributed by atoms with E-state index in [1.54, 1.807) is 16.8 Å². The Morgan fingerprint density at radius 1 is 1.21 bits per heavy atom. The number of nitrogens with zero attached hydrogens (tertiary/aromatic N) is 4. The maximum atomic E-state index is 13.3. The zero-order valence-electron chi connectivity index (χ0n) is 17.7. The van der Waals surface area contributed by atoms with Gasteiger partial charge in [-0.1, -0.05) is 23.7 Å². The van der Waals surface area contributed by atoms with Gasteiger partial charge in [-0.15, -0.1) is 0 Å². The Morgan fingerprint density at radius 3 is 2.85 bits per heavy atom. The Kier molecular flexibility index (Phi) is 4.86. The van der Waals surface area contributed by atoms with Crippen LogP contribution in [0.5, 0.6) is 0 Å². The number of hydrogen-bond acceptors (Lipinski definition) is 7. The molecule has 0 radical (unpaired) electrons. The third-order valence-corrected chi connectivity index (χ3v) is 8.16. The van der Waals surface area contributed by atoms with Gasteiger partial charge < -0.3 is 25.8 Å². The molecule has 5 atom stereocenters. The number of pyridine rings is 1. The molecule has 1 amide bonds. The predicted octanol–water partition coefficient (Wildman–Crippen LogP) is 2.89. The van der Waals surface area contributed by atoms with Gasteiger partial charge in [0, 0.05) is 11.6 Å². The normalized spacial score (nSPS) is 28.9. The van der Waals surface area contributed by atoms with Crippen LogP contribution in [0.1, 0.15) is 30.5 Å². The van der Waals surface area contributed by atoms with E-state index < -0.39 is 23.7 Å². The average Bonchev–Trinajstić information content (AvgIpc) is 3.46. The van der Waals surface area contributed by atoms with Gasteiger partial charge in [-0.3, -0.25) is 4.79 Å². The lowest BCUT2D eigenvalue weighted by Crippen LogP contribution is -2.41. The summed E-state index contributed by atoms with van der Waals surface area (Å²) in [4.78, 5) is 26.0. The summed E-state index contributed by atoms with van der Waals surface area (Å²) in [7, 11) is 0. The van der Waals surface area contributed by atoms with E-state index in [1.165, 1.54) is 6.33 Å². The second-order valence-electron chi connectivity index (χ2n) is 9.03. The molecular weight excluding hydrogens is 524 g/mol. The molecule has 6 rings (SSSR count). The van der Waals surface area contributed by atoms with Crippen molar-refractivity contribution in [3.8, 4) is 0 Å². The number of fused-ring (bicyclic) bond motifs is 2. The van der Waals surface area contributed by atoms with Gasteiger partial charge in [0.15, 0.2) is 0 Å². The fourth-order valence-corrected chi connectivity index (χ4v) is 5.98. The molecule has 4 heterocycles. The highest BCUT2D eigenvalue weighted by atomic mass is 79.9. The molecule has 4 aromatic rings. The van der Waals surface area contributed by atoms with Crippen LogP contribution in [0, 0.1) is 5.41 Å². The molecule has 1 aliphatic carbocycles. The van der Waals surface area contributed by atoms with Crippen LogP contribution < -0.4 is 11.1 Å². The number of amides is 1. The maximum absolute atomic E-state index is 13.3. The standard InChI is InChI=1S/C23H20BrClN6O3/c24-13-5-10-1-2-11(6-14(10)29-20(13)26)15-7-23(22(34)30-15)8-16(17(32)18(23)33)31-4-3-12-19(25)27-9-28-21(12)31/h1-6,9,15-18,32-33H,7-8H2,(H2,26,29)(H,30,34)/t15-,16-,17+,18+,23-/m1/s1. The fraction of sp³-hybridized carbons (Fsp3) is 0.304. The molecule has 1 saturated carbocycles. The van der Waals surface area contributed by atoms with Crippen LogP contribution in [0.25, 0.3) is 21.9 Å². The van der Waals surface area contributed by atoms with Crippen LogP contribution in [0.3, 0.4) is 0 Å². The molecule has 1 aliphatic heterocycles. The van der Waals surface area contributed by atoms with Crippen molar-refractivity contribution < 1.29 is 15.0 Å². The number of anilines is 1. The van der Waals surface area contributed by atoms with E-state index in [1.807, 2.05) is 24.3 Å². The van der Waals surface area contributed by atoms with E-state index in [0.29, 0.717) is 33.9 Å². The van der Waals surface area contributed by atoms with Crippen molar-refractivity contribution in [3.63, 3.8) is 0 Å². The Labute approximate surface area is 207 Å². The summed E-state index contributed by atoms with van der Waals surface area (Å²) in [5.74, 6) is 0.107. The molecule has 0 bridgehead atoms. The van der Waals surface area contributed by atoms with Gasteiger partial charge in [-0.05, 0) is 52.5 Å². The summed E-state index contributed by atoms with van der Waals surface area (Å²) in [6.45, 7) is 0. The predicted molar refractivity (Wildman–Crippen MR) is 130 cm³/mol. The third-order valence-electron chi connectivity index (χ3n) is 7.23. The largest absolute Gasteiger partial charge is 0.389 e. The molecule has 2 fully saturated rings. The Bertz CT molecular complexity index is 1480. The highest BCUT2D eigenvalue weighted by Crippen LogP contribution is 2.53. The summed E-state index contributed by atoms with van der Waals surface area (Å²) in [6, 6.07) is 8.55. The van der Waals surface area contributed by atoms with Gasteiger partial charge in [-0.25, -0.2) is 15.0 Å². The number of halogens is 2. The quantitative estimate of drug-likeness (QED) is 0.285. The molecule has 1 saturated heterocycles. The molecule has 2 aliphatic rings. The van der Waals surface area contributed by atoms with Crippen molar-refractivity contribution in [2.75, 3.05) is 5.73 Å². The van der Waals surface area contributed by atoms with E-state index >= 15 is 0 Å². The average molecular weight is 544 g/mol. The van der Waals surface area contributed by atoms with Crippen LogP contribution in [-0.4, -0.2) is 47.8 Å². The van der Waals surface area contributed by atoms with Crippen molar-refractivity contribution in [1.82, 2.24) is 24.8 Å². The second-order valence-corrected chi connectivity index (χ2v) is 10.2. The zero-order valence-corrected chi connectivity index (χ0v) is 20.0. The van der Waals surface area contributed by atoms with Crippen LogP contribution in [0.4, 0.5) is 5.82 Å². The van der Waals surface area contributed by atoms with E-state index in [0.717, 1.165) is 15.4 Å². The van der Waals surface area contributed by atoms with E-state index in [4.69, 9.17) is 17.3 Å². The summed E-state index contributed by atoms with van der Waals surface area (Å²) < 4.78 is 2.49. The number of aliphatic hydroxyl groups excluding tert-OH is 2. The molecule has 34 heavy (non-hydrogen) atoms. The number of rotatable bonds is 2. The smallest absolute Gasteiger partial charge is 0.229 e. The van der Waals surface area contributed by atoms with Crippen molar-refractivity contribution in [2.24, 2.45) is 5.41 Å². The first kappa shape index (κ1) is 21.7. The Hall–Kier alpha value is -2.79. The lowest BCUT2D eigenvalue weighted by molar-refractivity contribution is -0.134. The van der Waals surface area contributed by atoms with Crippen molar-refractivity contribution in [3.05, 3.63) is 58.0 Å². The lowest BCUT2D eigenvalue weighted by Gasteiger charge is -2.24. The highest BCUT2D eigenvalue weighted by molar-refractivity contribution is 9.10. The number of carbonyl (C=O) groups is 1. The second kappa shape index (κ2) is 7.61. The van der Waals surface area contributed by atoms with Gasteiger partial charge >= 0.3 is 0 Å². The molecule has 0 unspecified atom stereocenters. The van der Waals surface area contributed by atoms with Gasteiger partial charge in [-0.2, -0.15) is 0 Å². The SMILES string of the molecule is Nc1nc2cc([C@H]3C[C@]4(C[C@@H](n5ccc6c(Cl)ncnc65)[C@H](O)[C@@H]4O)C(=O)N3)ccc2cc1Br. The fourth-order valence-electron chi connectivity index (χ4n) is 5.45. The Morgan fingerprint density at radius 2 is 2.03 bits per heavy atom. The molecule has 9 nitrogen and oxygen atoms in total. The Balaban J connectivity index is 1.34. The number of aromatic nitrogens is 4. The van der Waals surface area contributed by atoms with Crippen molar-refractivity contribution in [1.29, 1.82) is 0 Å². The van der Waals surface area contributed by atoms with Crippen LogP contribution >= 0.6 is 27.5 Å². The molecule has 1 spiro atoms. The number of nitrogens with one attached hydrogen (secondary N) is 1. The third kappa shape index (κ3) is 3.06. The van der Waals surface area contributed by atoms with Gasteiger partial charge in [0.1, 0.15) is 29.0 Å². The van der Waals surface area contributed by atoms with Crippen molar-refractivity contribution >= 4 is 61.2 Å². The van der Waals surface area contributed by atoms with E-state index in [2.05, 4.69) is 36.2 Å². The number of nitrogen functional groups attached to an aromatic ring is 1. The van der Waals surface area contributed by atoms with Crippen LogP contribution in [0.2, 0.25) is 5.15 Å². The minimum absolute atomic E-state index is 0.259. The first-order valence-corrected chi connectivity index (χ1v) is 12.0.